The van der Waals surface area contributed by atoms with Gasteiger partial charge in [0, 0.05) is 0 Å². The van der Waals surface area contributed by atoms with Crippen molar-refractivity contribution < 1.29 is 0 Å². The van der Waals surface area contributed by atoms with Crippen LogP contribution in [0, 0.1) is 5.92 Å². The van der Waals surface area contributed by atoms with Crippen LogP contribution in [0.1, 0.15) is 39.5 Å². The number of nitrogens with zero attached hydrogens (tertiary/aromatic N) is 2. The largest absolute Gasteiger partial charge is 0.188 e. The van der Waals surface area contributed by atoms with Crippen molar-refractivity contribution in [3.63, 3.8) is 0 Å². The zero-order valence-electron chi connectivity index (χ0n) is 8.08. The van der Waals surface area contributed by atoms with Crippen molar-refractivity contribution in [2.75, 3.05) is 6.54 Å². The highest BCUT2D eigenvalue weighted by molar-refractivity contribution is 5.04. The summed E-state index contributed by atoms with van der Waals surface area (Å²) >= 11 is 0. The maximum atomic E-state index is 4.14. The average Bonchev–Trinajstić information content (AvgIpc) is 2.05. The summed E-state index contributed by atoms with van der Waals surface area (Å²) in [6.07, 6.45) is 7.21. The lowest BCUT2D eigenvalue weighted by molar-refractivity contribution is 0.637. The fraction of sp³-hybridized carbons (Fsp3) is 0.800. The van der Waals surface area contributed by atoms with Crippen LogP contribution in [0.4, 0.5) is 0 Å². The molecule has 0 saturated heterocycles. The molecule has 0 bridgehead atoms. The second-order valence-electron chi connectivity index (χ2n) is 3.52. The van der Waals surface area contributed by atoms with E-state index in [9.17, 15) is 0 Å². The van der Waals surface area contributed by atoms with Gasteiger partial charge in [0.15, 0.2) is 0 Å². The van der Waals surface area contributed by atoms with Crippen LogP contribution in [0.5, 0.6) is 0 Å². The number of hydrogen-bond donors (Lipinski definition) is 0. The maximum Gasteiger partial charge on any atom is 0.0664 e. The minimum atomic E-state index is 0.596. The molecule has 0 aliphatic carbocycles. The van der Waals surface area contributed by atoms with Gasteiger partial charge < -0.3 is 0 Å². The number of allylic oxidation sites excluding steroid dienone is 1. The van der Waals surface area contributed by atoms with E-state index in [1.165, 1.54) is 25.0 Å². The van der Waals surface area contributed by atoms with Crippen LogP contribution in [0.2, 0.25) is 0 Å². The standard InChI is InChI=1S/C10H18N2/c1-3-4-5-6-10-7-9(2)8-11-12-10/h7,9H,3-6,8H2,1-2H3. The van der Waals surface area contributed by atoms with Crippen molar-refractivity contribution in [3.05, 3.63) is 11.8 Å². The molecule has 1 atom stereocenters. The van der Waals surface area contributed by atoms with Crippen molar-refractivity contribution in [1.29, 1.82) is 0 Å². The first-order valence-corrected chi connectivity index (χ1v) is 4.91. The molecule has 68 valence electrons. The molecule has 1 heterocycles. The third-order valence-electron chi connectivity index (χ3n) is 2.08. The quantitative estimate of drug-likeness (QED) is 0.570. The Kier molecular flexibility index (Phi) is 3.98. The zero-order valence-corrected chi connectivity index (χ0v) is 8.08. The first-order valence-electron chi connectivity index (χ1n) is 4.91. The number of unbranched alkanes of at least 4 members (excludes halogenated alkanes) is 2. The van der Waals surface area contributed by atoms with Crippen molar-refractivity contribution in [2.24, 2.45) is 16.1 Å². The molecule has 1 aliphatic rings. The lowest BCUT2D eigenvalue weighted by atomic mass is 10.1. The molecule has 2 nitrogen and oxygen atoms in total. The summed E-state index contributed by atoms with van der Waals surface area (Å²) in [4.78, 5) is 0. The molecule has 0 aromatic rings. The van der Waals surface area contributed by atoms with E-state index in [4.69, 9.17) is 0 Å². The third kappa shape index (κ3) is 3.16. The Balaban J connectivity index is 2.26. The fourth-order valence-corrected chi connectivity index (χ4v) is 1.36. The van der Waals surface area contributed by atoms with Crippen LogP contribution in [0.3, 0.4) is 0 Å². The third-order valence-corrected chi connectivity index (χ3v) is 2.08. The number of hydrogen-bond acceptors (Lipinski definition) is 2. The van der Waals surface area contributed by atoms with Gasteiger partial charge in [-0.05, 0) is 18.8 Å². The van der Waals surface area contributed by atoms with Crippen LogP contribution in [-0.4, -0.2) is 6.54 Å². The molecule has 0 fully saturated rings. The van der Waals surface area contributed by atoms with E-state index < -0.39 is 0 Å². The van der Waals surface area contributed by atoms with Crippen molar-refractivity contribution in [2.45, 2.75) is 39.5 Å². The van der Waals surface area contributed by atoms with Gasteiger partial charge in [-0.15, -0.1) is 0 Å². The van der Waals surface area contributed by atoms with Gasteiger partial charge in [0.25, 0.3) is 0 Å². The minimum absolute atomic E-state index is 0.596. The van der Waals surface area contributed by atoms with Gasteiger partial charge in [-0.3, -0.25) is 0 Å². The van der Waals surface area contributed by atoms with Crippen molar-refractivity contribution in [1.82, 2.24) is 0 Å². The van der Waals surface area contributed by atoms with Crippen molar-refractivity contribution in [3.8, 4) is 0 Å². The lowest BCUT2D eigenvalue weighted by Crippen LogP contribution is -2.00. The highest BCUT2D eigenvalue weighted by Gasteiger charge is 2.05. The molecule has 0 saturated carbocycles. The Morgan fingerprint density at radius 2 is 2.33 bits per heavy atom. The van der Waals surface area contributed by atoms with E-state index in [0.29, 0.717) is 5.92 Å². The van der Waals surface area contributed by atoms with E-state index in [1.54, 1.807) is 0 Å². The second kappa shape index (κ2) is 5.07. The van der Waals surface area contributed by atoms with Gasteiger partial charge in [0.05, 0.1) is 12.2 Å². The predicted molar refractivity (Wildman–Crippen MR) is 51.1 cm³/mol. The van der Waals surface area contributed by atoms with Crippen LogP contribution in [-0.2, 0) is 0 Å². The Morgan fingerprint density at radius 3 is 3.00 bits per heavy atom. The van der Waals surface area contributed by atoms with Crippen LogP contribution >= 0.6 is 0 Å². The molecule has 0 aromatic heterocycles. The highest BCUT2D eigenvalue weighted by Crippen LogP contribution is 2.17. The van der Waals surface area contributed by atoms with Crippen molar-refractivity contribution >= 4 is 0 Å². The topological polar surface area (TPSA) is 24.7 Å². The Morgan fingerprint density at radius 1 is 1.50 bits per heavy atom. The number of azo groups is 1. The van der Waals surface area contributed by atoms with Gasteiger partial charge in [-0.2, -0.15) is 10.2 Å². The van der Waals surface area contributed by atoms with E-state index in [2.05, 4.69) is 30.2 Å². The highest BCUT2D eigenvalue weighted by atomic mass is 15.1. The van der Waals surface area contributed by atoms with Crippen LogP contribution < -0.4 is 0 Å². The molecule has 1 unspecified atom stereocenters. The molecule has 2 heteroatoms. The smallest absolute Gasteiger partial charge is 0.0664 e. The van der Waals surface area contributed by atoms with E-state index in [-0.39, 0.29) is 0 Å². The Bertz CT molecular complexity index is 182. The summed E-state index contributed by atoms with van der Waals surface area (Å²) in [5.74, 6) is 0.596. The van der Waals surface area contributed by atoms with Gasteiger partial charge in [0.2, 0.25) is 0 Å². The molecule has 1 rings (SSSR count). The second-order valence-corrected chi connectivity index (χ2v) is 3.52. The Labute approximate surface area is 74.8 Å². The normalized spacial score (nSPS) is 22.5. The molecule has 0 aromatic carbocycles. The summed E-state index contributed by atoms with van der Waals surface area (Å²) < 4.78 is 0. The number of rotatable bonds is 4. The van der Waals surface area contributed by atoms with E-state index >= 15 is 0 Å². The van der Waals surface area contributed by atoms with Gasteiger partial charge in [0.1, 0.15) is 0 Å². The summed E-state index contributed by atoms with van der Waals surface area (Å²) in [6, 6.07) is 0. The fourth-order valence-electron chi connectivity index (χ4n) is 1.36. The molecule has 0 amide bonds. The first-order chi connectivity index (χ1) is 5.83. The summed E-state index contributed by atoms with van der Waals surface area (Å²) in [6.45, 7) is 5.29. The molecule has 0 radical (unpaired) electrons. The first kappa shape index (κ1) is 9.43. The molecule has 0 spiro atoms. The molecule has 12 heavy (non-hydrogen) atoms. The summed E-state index contributed by atoms with van der Waals surface area (Å²) in [5, 5.41) is 8.21. The van der Waals surface area contributed by atoms with Crippen LogP contribution in [0.25, 0.3) is 0 Å². The van der Waals surface area contributed by atoms with Gasteiger partial charge in [-0.25, -0.2) is 0 Å². The lowest BCUT2D eigenvalue weighted by Gasteiger charge is -2.09. The predicted octanol–water partition coefficient (Wildman–Crippen LogP) is 3.55. The van der Waals surface area contributed by atoms with Gasteiger partial charge >= 0.3 is 0 Å². The molecule has 0 N–H and O–H groups in total. The Hall–Kier alpha value is -0.660. The average molecular weight is 166 g/mol. The molecule has 1 aliphatic heterocycles. The molecular weight excluding hydrogens is 148 g/mol. The monoisotopic (exact) mass is 166 g/mol. The van der Waals surface area contributed by atoms with Crippen LogP contribution in [0.15, 0.2) is 22.0 Å². The summed E-state index contributed by atoms with van der Waals surface area (Å²) in [5.41, 5.74) is 1.20. The SMILES string of the molecule is CCCCCC1=CC(C)CN=N1. The van der Waals surface area contributed by atoms with Gasteiger partial charge in [-0.1, -0.05) is 32.8 Å². The summed E-state index contributed by atoms with van der Waals surface area (Å²) in [7, 11) is 0. The maximum absolute atomic E-state index is 4.14. The van der Waals surface area contributed by atoms with E-state index in [1.807, 2.05) is 0 Å². The van der Waals surface area contributed by atoms with E-state index in [0.717, 1.165) is 13.0 Å². The zero-order chi connectivity index (χ0) is 8.81. The minimum Gasteiger partial charge on any atom is -0.188 e. The molecular formula is C10H18N2.